The number of benzene rings is 1. The molecule has 3 heteroatoms. The Labute approximate surface area is 109 Å². The minimum absolute atomic E-state index is 0.140. The summed E-state index contributed by atoms with van der Waals surface area (Å²) in [6, 6.07) is 8.67. The molecule has 3 nitrogen and oxygen atoms in total. The molecule has 1 saturated heterocycles. The van der Waals surface area contributed by atoms with Gasteiger partial charge in [-0.1, -0.05) is 31.2 Å². The first-order chi connectivity index (χ1) is 8.69. The third-order valence-corrected chi connectivity index (χ3v) is 3.81. The van der Waals surface area contributed by atoms with E-state index >= 15 is 0 Å². The molecule has 0 aliphatic carbocycles. The second-order valence-corrected chi connectivity index (χ2v) is 5.17. The van der Waals surface area contributed by atoms with Gasteiger partial charge in [0.25, 0.3) is 0 Å². The van der Waals surface area contributed by atoms with E-state index in [9.17, 15) is 4.79 Å². The topological polar surface area (TPSA) is 55.1 Å². The van der Waals surface area contributed by atoms with Gasteiger partial charge in [-0.05, 0) is 49.3 Å². The number of hydrogen-bond donors (Lipinski definition) is 2. The lowest BCUT2D eigenvalue weighted by molar-refractivity contribution is -0.120. The number of carbonyl (C=O) groups is 1. The molecule has 2 unspecified atom stereocenters. The maximum Gasteiger partial charge on any atom is 0.234 e. The van der Waals surface area contributed by atoms with Gasteiger partial charge >= 0.3 is 0 Å². The predicted molar refractivity (Wildman–Crippen MR) is 73.2 cm³/mol. The highest BCUT2D eigenvalue weighted by molar-refractivity contribution is 5.79. The van der Waals surface area contributed by atoms with Crippen LogP contribution in [0.2, 0.25) is 0 Å². The van der Waals surface area contributed by atoms with Crippen molar-refractivity contribution in [1.82, 2.24) is 5.32 Å². The van der Waals surface area contributed by atoms with E-state index < -0.39 is 0 Å². The predicted octanol–water partition coefficient (Wildman–Crippen LogP) is 1.64. The van der Waals surface area contributed by atoms with Crippen molar-refractivity contribution in [1.29, 1.82) is 0 Å². The highest BCUT2D eigenvalue weighted by atomic mass is 16.1. The number of primary amides is 1. The second kappa shape index (κ2) is 6.01. The van der Waals surface area contributed by atoms with Crippen molar-refractivity contribution in [2.45, 2.75) is 38.6 Å². The SMILES string of the molecule is CCc1ccc(CC2CCNC(C(N)=O)C2)cc1. The van der Waals surface area contributed by atoms with E-state index in [0.717, 1.165) is 32.2 Å². The van der Waals surface area contributed by atoms with Crippen molar-refractivity contribution in [3.63, 3.8) is 0 Å². The van der Waals surface area contributed by atoms with Crippen LogP contribution < -0.4 is 11.1 Å². The van der Waals surface area contributed by atoms with Crippen LogP contribution in [0.4, 0.5) is 0 Å². The van der Waals surface area contributed by atoms with Gasteiger partial charge in [0.2, 0.25) is 5.91 Å². The number of nitrogens with two attached hydrogens (primary N) is 1. The zero-order valence-electron chi connectivity index (χ0n) is 11.0. The molecule has 1 aromatic rings. The van der Waals surface area contributed by atoms with Crippen LogP contribution in [0.3, 0.4) is 0 Å². The van der Waals surface area contributed by atoms with Gasteiger partial charge in [-0.2, -0.15) is 0 Å². The quantitative estimate of drug-likeness (QED) is 0.848. The molecule has 1 fully saturated rings. The molecule has 0 bridgehead atoms. The van der Waals surface area contributed by atoms with Gasteiger partial charge in [0, 0.05) is 0 Å². The number of nitrogens with one attached hydrogen (secondary N) is 1. The normalized spacial score (nSPS) is 23.8. The number of carbonyl (C=O) groups excluding carboxylic acids is 1. The summed E-state index contributed by atoms with van der Waals surface area (Å²) < 4.78 is 0. The van der Waals surface area contributed by atoms with Gasteiger partial charge < -0.3 is 11.1 Å². The van der Waals surface area contributed by atoms with Gasteiger partial charge in [-0.15, -0.1) is 0 Å². The Morgan fingerprint density at radius 2 is 2.00 bits per heavy atom. The van der Waals surface area contributed by atoms with Crippen molar-refractivity contribution < 1.29 is 4.79 Å². The molecule has 2 rings (SSSR count). The third-order valence-electron chi connectivity index (χ3n) is 3.81. The molecule has 1 aliphatic rings. The van der Waals surface area contributed by atoms with Gasteiger partial charge in [0.15, 0.2) is 0 Å². The van der Waals surface area contributed by atoms with Crippen LogP contribution >= 0.6 is 0 Å². The van der Waals surface area contributed by atoms with Gasteiger partial charge in [0.1, 0.15) is 0 Å². The summed E-state index contributed by atoms with van der Waals surface area (Å²) in [5, 5.41) is 3.18. The van der Waals surface area contributed by atoms with Crippen LogP contribution in [-0.4, -0.2) is 18.5 Å². The summed E-state index contributed by atoms with van der Waals surface area (Å²) in [5.74, 6) is 0.345. The molecule has 0 saturated carbocycles. The van der Waals surface area contributed by atoms with E-state index in [-0.39, 0.29) is 11.9 Å². The first-order valence-corrected chi connectivity index (χ1v) is 6.79. The Balaban J connectivity index is 1.93. The van der Waals surface area contributed by atoms with Crippen molar-refractivity contribution in [3.8, 4) is 0 Å². The average Bonchev–Trinajstić information content (AvgIpc) is 2.40. The Bertz CT molecular complexity index is 399. The van der Waals surface area contributed by atoms with E-state index in [0.29, 0.717) is 5.92 Å². The zero-order chi connectivity index (χ0) is 13.0. The fraction of sp³-hybridized carbons (Fsp3) is 0.533. The van der Waals surface area contributed by atoms with E-state index in [1.54, 1.807) is 0 Å². The lowest BCUT2D eigenvalue weighted by atomic mass is 9.87. The zero-order valence-corrected chi connectivity index (χ0v) is 11.0. The highest BCUT2D eigenvalue weighted by Gasteiger charge is 2.25. The number of piperidine rings is 1. The number of hydrogen-bond acceptors (Lipinski definition) is 2. The van der Waals surface area contributed by atoms with Crippen LogP contribution in [-0.2, 0) is 17.6 Å². The largest absolute Gasteiger partial charge is 0.368 e. The van der Waals surface area contributed by atoms with Crippen LogP contribution in [0, 0.1) is 5.92 Å². The molecule has 0 aromatic heterocycles. The molecule has 1 aliphatic heterocycles. The third kappa shape index (κ3) is 3.33. The fourth-order valence-electron chi connectivity index (χ4n) is 2.64. The standard InChI is InChI=1S/C15H22N2O/c1-2-11-3-5-12(6-4-11)9-13-7-8-17-14(10-13)15(16)18/h3-6,13-14,17H,2,7-10H2,1H3,(H2,16,18). The maximum absolute atomic E-state index is 11.2. The second-order valence-electron chi connectivity index (χ2n) is 5.17. The molecule has 0 spiro atoms. The Kier molecular flexibility index (Phi) is 4.37. The first-order valence-electron chi connectivity index (χ1n) is 6.79. The van der Waals surface area contributed by atoms with Crippen molar-refractivity contribution in [2.75, 3.05) is 6.54 Å². The Morgan fingerprint density at radius 1 is 1.33 bits per heavy atom. The molecule has 2 atom stereocenters. The number of rotatable bonds is 4. The molecule has 3 N–H and O–H groups in total. The van der Waals surface area contributed by atoms with Crippen LogP contribution in [0.5, 0.6) is 0 Å². The fourth-order valence-corrected chi connectivity index (χ4v) is 2.64. The molecule has 1 aromatic carbocycles. The van der Waals surface area contributed by atoms with E-state index in [1.165, 1.54) is 11.1 Å². The van der Waals surface area contributed by atoms with Crippen molar-refractivity contribution >= 4 is 5.91 Å². The van der Waals surface area contributed by atoms with Crippen molar-refractivity contribution in [2.24, 2.45) is 11.7 Å². The Morgan fingerprint density at radius 3 is 2.61 bits per heavy atom. The van der Waals surface area contributed by atoms with Gasteiger partial charge in [-0.25, -0.2) is 0 Å². The summed E-state index contributed by atoms with van der Waals surface area (Å²) >= 11 is 0. The molecular weight excluding hydrogens is 224 g/mol. The van der Waals surface area contributed by atoms with Gasteiger partial charge in [-0.3, -0.25) is 4.79 Å². The summed E-state index contributed by atoms with van der Waals surface area (Å²) in [5.41, 5.74) is 8.10. The highest BCUT2D eigenvalue weighted by Crippen LogP contribution is 2.21. The monoisotopic (exact) mass is 246 g/mol. The molecule has 1 amide bonds. The smallest absolute Gasteiger partial charge is 0.234 e. The minimum atomic E-state index is -0.221. The van der Waals surface area contributed by atoms with Crippen LogP contribution in [0.15, 0.2) is 24.3 Å². The molecule has 98 valence electrons. The number of aryl methyl sites for hydroxylation is 1. The van der Waals surface area contributed by atoms with Crippen molar-refractivity contribution in [3.05, 3.63) is 35.4 Å². The molecule has 18 heavy (non-hydrogen) atoms. The first kappa shape index (κ1) is 13.1. The lowest BCUT2D eigenvalue weighted by Crippen LogP contribution is -2.47. The lowest BCUT2D eigenvalue weighted by Gasteiger charge is -2.28. The summed E-state index contributed by atoms with van der Waals surface area (Å²) in [7, 11) is 0. The van der Waals surface area contributed by atoms with Gasteiger partial charge in [0.05, 0.1) is 6.04 Å². The van der Waals surface area contributed by atoms with Crippen LogP contribution in [0.25, 0.3) is 0 Å². The van der Waals surface area contributed by atoms with E-state index in [4.69, 9.17) is 5.73 Å². The summed E-state index contributed by atoms with van der Waals surface area (Å²) in [6.45, 7) is 3.06. The Hall–Kier alpha value is -1.35. The van der Waals surface area contributed by atoms with Crippen LogP contribution in [0.1, 0.15) is 30.9 Å². The molecular formula is C15H22N2O. The molecule has 0 radical (unpaired) electrons. The summed E-state index contributed by atoms with van der Waals surface area (Å²) in [6.07, 6.45) is 4.12. The van der Waals surface area contributed by atoms with E-state index in [1.807, 2.05) is 0 Å². The minimum Gasteiger partial charge on any atom is -0.368 e. The van der Waals surface area contributed by atoms with E-state index in [2.05, 4.69) is 36.5 Å². The average molecular weight is 246 g/mol. The molecule has 1 heterocycles. The maximum atomic E-state index is 11.2. The number of amides is 1. The summed E-state index contributed by atoms with van der Waals surface area (Å²) in [4.78, 5) is 11.2.